The number of nitrogens with zero attached hydrogens (tertiary/aromatic N) is 4. The first-order valence-corrected chi connectivity index (χ1v) is 10.3. The van der Waals surface area contributed by atoms with Crippen LogP contribution in [0.2, 0.25) is 0 Å². The van der Waals surface area contributed by atoms with Crippen LogP contribution in [-0.4, -0.2) is 25.1 Å². The Morgan fingerprint density at radius 3 is 2.90 bits per heavy atom. The zero-order valence-electron chi connectivity index (χ0n) is 15.6. The number of anilines is 4. The van der Waals surface area contributed by atoms with Gasteiger partial charge in [-0.1, -0.05) is 12.1 Å². The fourth-order valence-electron chi connectivity index (χ4n) is 3.51. The Hall–Kier alpha value is -4.04. The number of nitrogens with one attached hydrogen (secondary N) is 3. The predicted molar refractivity (Wildman–Crippen MR) is 122 cm³/mol. The largest absolute Gasteiger partial charge is 0.339 e. The van der Waals surface area contributed by atoms with E-state index in [1.54, 1.807) is 17.5 Å². The number of pyridine rings is 1. The molecule has 3 N–H and O–H groups in total. The maximum Gasteiger partial charge on any atom is 0.229 e. The molecule has 0 unspecified atom stereocenters. The van der Waals surface area contributed by atoms with E-state index >= 15 is 0 Å². The van der Waals surface area contributed by atoms with E-state index in [-0.39, 0.29) is 0 Å². The van der Waals surface area contributed by atoms with Gasteiger partial charge in [0.1, 0.15) is 0 Å². The van der Waals surface area contributed by atoms with Crippen molar-refractivity contribution in [3.8, 4) is 0 Å². The molecule has 2 aromatic carbocycles. The molecule has 6 rings (SSSR count). The minimum atomic E-state index is 0.539. The first-order chi connectivity index (χ1) is 14.8. The number of H-pyrrole nitrogens is 1. The Balaban J connectivity index is 1.41. The summed E-state index contributed by atoms with van der Waals surface area (Å²) in [6.07, 6.45) is 5.45. The molecule has 4 heterocycles. The molecule has 144 valence electrons. The fourth-order valence-corrected chi connectivity index (χ4v) is 4.29. The first-order valence-electron chi connectivity index (χ1n) is 9.39. The van der Waals surface area contributed by atoms with E-state index in [0.717, 1.165) is 49.1 Å². The van der Waals surface area contributed by atoms with Crippen LogP contribution in [0.25, 0.3) is 31.9 Å². The van der Waals surface area contributed by atoms with Gasteiger partial charge in [-0.15, -0.1) is 11.3 Å². The minimum absolute atomic E-state index is 0.539. The summed E-state index contributed by atoms with van der Waals surface area (Å²) in [7, 11) is 0. The molecule has 0 aliphatic rings. The third-order valence-corrected chi connectivity index (χ3v) is 5.84. The second-order valence-corrected chi connectivity index (χ2v) is 7.77. The molecule has 0 radical (unpaired) electrons. The van der Waals surface area contributed by atoms with Crippen LogP contribution in [0.5, 0.6) is 0 Å². The Morgan fingerprint density at radius 2 is 1.90 bits per heavy atom. The SMILES string of the molecule is c1cc(Nc2nc(Nc3ccc4[nH]ncc4c3)c3sccc3n2)c2ccncc2c1. The molecule has 6 aromatic rings. The quantitative estimate of drug-likeness (QED) is 0.351. The van der Waals surface area contributed by atoms with Gasteiger partial charge in [0.05, 0.1) is 21.9 Å². The van der Waals surface area contributed by atoms with Gasteiger partial charge in [0.2, 0.25) is 5.95 Å². The van der Waals surface area contributed by atoms with Gasteiger partial charge in [0.25, 0.3) is 0 Å². The van der Waals surface area contributed by atoms with Crippen LogP contribution in [0.3, 0.4) is 0 Å². The number of thiophene rings is 1. The second-order valence-electron chi connectivity index (χ2n) is 6.86. The van der Waals surface area contributed by atoms with Gasteiger partial charge in [0.15, 0.2) is 5.82 Å². The molecular weight excluding hydrogens is 394 g/mol. The normalized spacial score (nSPS) is 11.3. The molecule has 0 atom stereocenters. The topological polar surface area (TPSA) is 91.4 Å². The van der Waals surface area contributed by atoms with E-state index < -0.39 is 0 Å². The van der Waals surface area contributed by atoms with Crippen LogP contribution in [0.4, 0.5) is 23.1 Å². The van der Waals surface area contributed by atoms with Gasteiger partial charge in [-0.3, -0.25) is 10.1 Å². The summed E-state index contributed by atoms with van der Waals surface area (Å²) in [5, 5.41) is 19.1. The Morgan fingerprint density at radius 1 is 0.900 bits per heavy atom. The molecule has 7 nitrogen and oxygen atoms in total. The lowest BCUT2D eigenvalue weighted by Crippen LogP contribution is -2.01. The molecule has 0 spiro atoms. The standard InChI is InChI=1S/C22H15N7S/c1-2-13-11-23-8-6-16(13)18(3-1)26-22-27-19-7-9-30-20(19)21(28-22)25-15-4-5-17-14(10-15)12-24-29-17/h1-12H,(H,24,29)(H2,25,26,27,28). The summed E-state index contributed by atoms with van der Waals surface area (Å²) in [5.74, 6) is 1.30. The summed E-state index contributed by atoms with van der Waals surface area (Å²) < 4.78 is 1.01. The van der Waals surface area contributed by atoms with Gasteiger partial charge in [0, 0.05) is 39.9 Å². The zero-order chi connectivity index (χ0) is 19.9. The Labute approximate surface area is 174 Å². The van der Waals surface area contributed by atoms with E-state index in [0.29, 0.717) is 5.95 Å². The molecule has 0 bridgehead atoms. The van der Waals surface area contributed by atoms with Crippen LogP contribution in [-0.2, 0) is 0 Å². The van der Waals surface area contributed by atoms with Crippen molar-refractivity contribution in [2.24, 2.45) is 0 Å². The van der Waals surface area contributed by atoms with Crippen molar-refractivity contribution in [3.63, 3.8) is 0 Å². The van der Waals surface area contributed by atoms with Gasteiger partial charge in [-0.2, -0.15) is 10.1 Å². The smallest absolute Gasteiger partial charge is 0.229 e. The first kappa shape index (κ1) is 16.9. The van der Waals surface area contributed by atoms with Crippen LogP contribution in [0.1, 0.15) is 0 Å². The molecule has 0 aliphatic heterocycles. The van der Waals surface area contributed by atoms with E-state index in [2.05, 4.69) is 25.8 Å². The highest BCUT2D eigenvalue weighted by Crippen LogP contribution is 2.32. The molecule has 4 aromatic heterocycles. The molecular formula is C22H15N7S. The van der Waals surface area contributed by atoms with Crippen molar-refractivity contribution in [2.45, 2.75) is 0 Å². The highest BCUT2D eigenvalue weighted by molar-refractivity contribution is 7.17. The van der Waals surface area contributed by atoms with E-state index in [1.165, 1.54) is 0 Å². The summed E-state index contributed by atoms with van der Waals surface area (Å²) in [6.45, 7) is 0. The average molecular weight is 409 g/mol. The molecule has 0 saturated heterocycles. The summed E-state index contributed by atoms with van der Waals surface area (Å²) in [6, 6.07) is 16.1. The van der Waals surface area contributed by atoms with Crippen molar-refractivity contribution in [1.82, 2.24) is 25.1 Å². The molecule has 8 heteroatoms. The molecule has 30 heavy (non-hydrogen) atoms. The van der Waals surface area contributed by atoms with Gasteiger partial charge in [-0.25, -0.2) is 4.98 Å². The van der Waals surface area contributed by atoms with E-state index in [9.17, 15) is 0 Å². The lowest BCUT2D eigenvalue weighted by atomic mass is 10.1. The van der Waals surface area contributed by atoms with Gasteiger partial charge < -0.3 is 10.6 Å². The van der Waals surface area contributed by atoms with Gasteiger partial charge in [-0.05, 0) is 41.8 Å². The summed E-state index contributed by atoms with van der Waals surface area (Å²) in [4.78, 5) is 13.7. The molecule has 0 fully saturated rings. The average Bonchev–Trinajstić information content (AvgIpc) is 3.43. The maximum absolute atomic E-state index is 4.78. The zero-order valence-corrected chi connectivity index (χ0v) is 16.4. The molecule has 0 amide bonds. The predicted octanol–water partition coefficient (Wildman–Crippen LogP) is 5.60. The molecule has 0 saturated carbocycles. The summed E-state index contributed by atoms with van der Waals surface area (Å²) in [5.41, 5.74) is 3.78. The van der Waals surface area contributed by atoms with Crippen LogP contribution >= 0.6 is 11.3 Å². The van der Waals surface area contributed by atoms with Crippen molar-refractivity contribution < 1.29 is 0 Å². The number of rotatable bonds is 4. The van der Waals surface area contributed by atoms with Crippen LogP contribution in [0.15, 0.2) is 72.5 Å². The summed E-state index contributed by atoms with van der Waals surface area (Å²) >= 11 is 1.61. The third kappa shape index (κ3) is 2.90. The fraction of sp³-hybridized carbons (Fsp3) is 0. The highest BCUT2D eigenvalue weighted by Gasteiger charge is 2.11. The van der Waals surface area contributed by atoms with Gasteiger partial charge >= 0.3 is 0 Å². The van der Waals surface area contributed by atoms with Crippen molar-refractivity contribution in [2.75, 3.05) is 10.6 Å². The Kier molecular flexibility index (Phi) is 3.82. The van der Waals surface area contributed by atoms with Crippen molar-refractivity contribution >= 4 is 66.4 Å². The number of benzene rings is 2. The number of aromatic amines is 1. The number of fused-ring (bicyclic) bond motifs is 3. The van der Waals surface area contributed by atoms with E-state index in [1.807, 2.05) is 66.3 Å². The van der Waals surface area contributed by atoms with Crippen molar-refractivity contribution in [1.29, 1.82) is 0 Å². The third-order valence-electron chi connectivity index (χ3n) is 4.93. The lowest BCUT2D eigenvalue weighted by Gasteiger charge is -2.11. The van der Waals surface area contributed by atoms with Crippen LogP contribution in [0, 0.1) is 0 Å². The monoisotopic (exact) mass is 409 g/mol. The number of aromatic nitrogens is 5. The van der Waals surface area contributed by atoms with Crippen LogP contribution < -0.4 is 10.6 Å². The Bertz CT molecular complexity index is 1510. The maximum atomic E-state index is 4.78. The molecule has 0 aliphatic carbocycles. The highest BCUT2D eigenvalue weighted by atomic mass is 32.1. The lowest BCUT2D eigenvalue weighted by molar-refractivity contribution is 1.12. The minimum Gasteiger partial charge on any atom is -0.339 e. The second kappa shape index (κ2) is 6.78. The number of hydrogen-bond acceptors (Lipinski definition) is 7. The van der Waals surface area contributed by atoms with Crippen molar-refractivity contribution in [3.05, 3.63) is 72.5 Å². The van der Waals surface area contributed by atoms with E-state index in [4.69, 9.17) is 9.97 Å². The number of hydrogen-bond donors (Lipinski definition) is 3.